The number of rotatable bonds is 6. The van der Waals surface area contributed by atoms with Crippen LogP contribution in [-0.2, 0) is 13.5 Å². The minimum Gasteiger partial charge on any atom is -0.313 e. The van der Waals surface area contributed by atoms with Crippen LogP contribution in [0.25, 0.3) is 0 Å². The Kier molecular flexibility index (Phi) is 5.20. The number of aryl methyl sites for hydroxylation is 1. The summed E-state index contributed by atoms with van der Waals surface area (Å²) in [5, 5.41) is 7.87. The lowest BCUT2D eigenvalue weighted by molar-refractivity contribution is 0.193. The second kappa shape index (κ2) is 6.90. The molecule has 0 radical (unpaired) electrons. The fraction of sp³-hybridized carbons (Fsp3) is 0.786. The predicted molar refractivity (Wildman–Crippen MR) is 74.7 cm³/mol. The van der Waals surface area contributed by atoms with E-state index in [4.69, 9.17) is 0 Å². The average Bonchev–Trinajstić information content (AvgIpc) is 2.80. The molecule has 0 bridgehead atoms. The Morgan fingerprint density at radius 3 is 3.11 bits per heavy atom. The van der Waals surface area contributed by atoms with Crippen LogP contribution in [0.2, 0.25) is 0 Å². The van der Waals surface area contributed by atoms with Crippen LogP contribution in [-0.4, -0.2) is 46.9 Å². The summed E-state index contributed by atoms with van der Waals surface area (Å²) < 4.78 is 1.89. The summed E-state index contributed by atoms with van der Waals surface area (Å²) in [6.45, 7) is 7.01. The first-order chi connectivity index (χ1) is 8.78. The van der Waals surface area contributed by atoms with E-state index >= 15 is 0 Å². The van der Waals surface area contributed by atoms with Crippen LogP contribution in [0.3, 0.4) is 0 Å². The van der Waals surface area contributed by atoms with Crippen molar-refractivity contribution in [3.8, 4) is 0 Å². The highest BCUT2D eigenvalue weighted by Gasteiger charge is 2.18. The van der Waals surface area contributed by atoms with E-state index in [2.05, 4.69) is 28.4 Å². The Hall–Kier alpha value is -0.870. The minimum absolute atomic E-state index is 0.701. The maximum Gasteiger partial charge on any atom is 0.0522 e. The van der Waals surface area contributed by atoms with E-state index in [9.17, 15) is 0 Å². The van der Waals surface area contributed by atoms with Crippen molar-refractivity contribution in [2.45, 2.75) is 38.6 Å². The molecule has 0 spiro atoms. The highest BCUT2D eigenvalue weighted by atomic mass is 15.2. The molecule has 102 valence electrons. The molecule has 1 fully saturated rings. The maximum atomic E-state index is 4.22. The smallest absolute Gasteiger partial charge is 0.0522 e. The summed E-state index contributed by atoms with van der Waals surface area (Å²) in [4.78, 5) is 2.59. The van der Waals surface area contributed by atoms with Crippen molar-refractivity contribution in [3.63, 3.8) is 0 Å². The highest BCUT2D eigenvalue weighted by Crippen LogP contribution is 2.11. The molecule has 0 aromatic carbocycles. The van der Waals surface area contributed by atoms with E-state index in [1.165, 1.54) is 37.9 Å². The van der Waals surface area contributed by atoms with Gasteiger partial charge in [-0.15, -0.1) is 0 Å². The zero-order valence-electron chi connectivity index (χ0n) is 11.7. The first-order valence-electron chi connectivity index (χ1n) is 7.21. The van der Waals surface area contributed by atoms with E-state index in [-0.39, 0.29) is 0 Å². The molecule has 18 heavy (non-hydrogen) atoms. The van der Waals surface area contributed by atoms with Gasteiger partial charge in [-0.3, -0.25) is 4.68 Å². The lowest BCUT2D eigenvalue weighted by Crippen LogP contribution is -2.46. The molecule has 4 nitrogen and oxygen atoms in total. The third kappa shape index (κ3) is 4.10. The van der Waals surface area contributed by atoms with Gasteiger partial charge < -0.3 is 10.2 Å². The number of likely N-dealkylation sites (tertiary alicyclic amines) is 1. The van der Waals surface area contributed by atoms with Gasteiger partial charge in [-0.05, 0) is 44.3 Å². The van der Waals surface area contributed by atoms with Crippen LogP contribution in [0.1, 0.15) is 31.7 Å². The number of nitrogens with zero attached hydrogens (tertiary/aromatic N) is 3. The highest BCUT2D eigenvalue weighted by molar-refractivity contribution is 5.04. The number of aromatic nitrogens is 2. The van der Waals surface area contributed by atoms with Gasteiger partial charge in [0.05, 0.1) is 6.20 Å². The Morgan fingerprint density at radius 1 is 1.50 bits per heavy atom. The van der Waals surface area contributed by atoms with Crippen LogP contribution >= 0.6 is 0 Å². The quantitative estimate of drug-likeness (QED) is 0.829. The molecule has 1 aliphatic rings. The van der Waals surface area contributed by atoms with Crippen molar-refractivity contribution in [2.24, 2.45) is 7.05 Å². The van der Waals surface area contributed by atoms with Crippen molar-refractivity contribution < 1.29 is 0 Å². The third-order valence-corrected chi connectivity index (χ3v) is 3.66. The van der Waals surface area contributed by atoms with Crippen LogP contribution < -0.4 is 5.32 Å². The van der Waals surface area contributed by atoms with Gasteiger partial charge in [0, 0.05) is 32.4 Å². The zero-order valence-corrected chi connectivity index (χ0v) is 11.7. The Labute approximate surface area is 110 Å². The molecular formula is C14H26N4. The van der Waals surface area contributed by atoms with E-state index in [0.717, 1.165) is 19.5 Å². The fourth-order valence-corrected chi connectivity index (χ4v) is 2.66. The van der Waals surface area contributed by atoms with Crippen molar-refractivity contribution in [1.82, 2.24) is 20.0 Å². The first kappa shape index (κ1) is 13.6. The van der Waals surface area contributed by atoms with Crippen molar-refractivity contribution in [1.29, 1.82) is 0 Å². The van der Waals surface area contributed by atoms with Gasteiger partial charge in [0.1, 0.15) is 0 Å². The van der Waals surface area contributed by atoms with Crippen molar-refractivity contribution in [2.75, 3.05) is 26.2 Å². The van der Waals surface area contributed by atoms with Gasteiger partial charge >= 0.3 is 0 Å². The number of hydrogen-bond acceptors (Lipinski definition) is 3. The molecule has 1 aliphatic heterocycles. The van der Waals surface area contributed by atoms with Gasteiger partial charge in [0.25, 0.3) is 0 Å². The molecule has 2 heterocycles. The number of nitrogens with one attached hydrogen (secondary N) is 1. The van der Waals surface area contributed by atoms with Crippen molar-refractivity contribution in [3.05, 3.63) is 18.0 Å². The summed E-state index contributed by atoms with van der Waals surface area (Å²) in [5.41, 5.74) is 1.35. The van der Waals surface area contributed by atoms with Gasteiger partial charge in [0.15, 0.2) is 0 Å². The lowest BCUT2D eigenvalue weighted by atomic mass is 10.0. The average molecular weight is 250 g/mol. The summed E-state index contributed by atoms with van der Waals surface area (Å²) >= 11 is 0. The fourth-order valence-electron chi connectivity index (χ4n) is 2.66. The Balaban J connectivity index is 1.72. The molecule has 1 unspecified atom stereocenters. The van der Waals surface area contributed by atoms with E-state index in [0.29, 0.717) is 6.04 Å². The topological polar surface area (TPSA) is 33.1 Å². The molecular weight excluding hydrogens is 224 g/mol. The lowest BCUT2D eigenvalue weighted by Gasteiger charge is -2.33. The predicted octanol–water partition coefficient (Wildman–Crippen LogP) is 1.43. The van der Waals surface area contributed by atoms with Gasteiger partial charge in [-0.2, -0.15) is 5.10 Å². The van der Waals surface area contributed by atoms with Crippen LogP contribution in [0.15, 0.2) is 12.4 Å². The normalized spacial score (nSPS) is 21.3. The number of piperidine rings is 1. The molecule has 0 saturated carbocycles. The molecule has 2 rings (SSSR count). The molecule has 0 amide bonds. The van der Waals surface area contributed by atoms with E-state index in [1.807, 2.05) is 17.9 Å². The maximum absolute atomic E-state index is 4.22. The monoisotopic (exact) mass is 250 g/mol. The number of hydrogen-bond donors (Lipinski definition) is 1. The summed E-state index contributed by atoms with van der Waals surface area (Å²) in [7, 11) is 1.98. The molecule has 0 aliphatic carbocycles. The Morgan fingerprint density at radius 2 is 2.39 bits per heavy atom. The summed E-state index contributed by atoms with van der Waals surface area (Å²) in [6, 6.07) is 0.701. The summed E-state index contributed by atoms with van der Waals surface area (Å²) in [6.07, 6.45) is 9.12. The molecule has 1 N–H and O–H groups in total. The van der Waals surface area contributed by atoms with E-state index in [1.54, 1.807) is 0 Å². The molecule has 1 saturated heterocycles. The standard InChI is InChI=1S/C14H26N4/c1-3-7-15-14-5-4-8-18(12-14)9-6-13-10-16-17(2)11-13/h10-11,14-15H,3-9,12H2,1-2H3. The van der Waals surface area contributed by atoms with E-state index < -0.39 is 0 Å². The van der Waals surface area contributed by atoms with Gasteiger partial charge in [0.2, 0.25) is 0 Å². The largest absolute Gasteiger partial charge is 0.313 e. The molecule has 1 aromatic rings. The Bertz CT molecular complexity index is 347. The van der Waals surface area contributed by atoms with Crippen LogP contribution in [0.5, 0.6) is 0 Å². The van der Waals surface area contributed by atoms with Crippen molar-refractivity contribution >= 4 is 0 Å². The van der Waals surface area contributed by atoms with Crippen LogP contribution in [0.4, 0.5) is 0 Å². The second-order valence-corrected chi connectivity index (χ2v) is 5.37. The first-order valence-corrected chi connectivity index (χ1v) is 7.21. The van der Waals surface area contributed by atoms with Gasteiger partial charge in [-0.25, -0.2) is 0 Å². The third-order valence-electron chi connectivity index (χ3n) is 3.66. The second-order valence-electron chi connectivity index (χ2n) is 5.37. The van der Waals surface area contributed by atoms with Gasteiger partial charge in [-0.1, -0.05) is 6.92 Å². The molecule has 4 heteroatoms. The minimum atomic E-state index is 0.701. The zero-order chi connectivity index (χ0) is 12.8. The molecule has 1 aromatic heterocycles. The summed E-state index contributed by atoms with van der Waals surface area (Å²) in [5.74, 6) is 0. The SMILES string of the molecule is CCCNC1CCCN(CCc2cnn(C)c2)C1. The van der Waals surface area contributed by atoms with Crippen LogP contribution in [0, 0.1) is 0 Å². The molecule has 1 atom stereocenters.